The van der Waals surface area contributed by atoms with Crippen molar-refractivity contribution in [3.63, 3.8) is 0 Å². The van der Waals surface area contributed by atoms with E-state index < -0.39 is 6.04 Å². The molecule has 200 valence electrons. The number of hydrogen-bond acceptors (Lipinski definition) is 7. The van der Waals surface area contributed by atoms with Gasteiger partial charge in [0, 0.05) is 24.5 Å². The molecule has 0 aliphatic heterocycles. The highest BCUT2D eigenvalue weighted by Gasteiger charge is 2.33. The van der Waals surface area contributed by atoms with Crippen LogP contribution < -0.4 is 5.56 Å². The van der Waals surface area contributed by atoms with Crippen LogP contribution in [0.3, 0.4) is 0 Å². The Morgan fingerprint density at radius 1 is 1.10 bits per heavy atom. The average Bonchev–Trinajstić information content (AvgIpc) is 3.63. The molecule has 1 aromatic carbocycles. The lowest BCUT2D eigenvalue weighted by atomic mass is 9.94. The molecule has 6 rings (SSSR count). The quantitative estimate of drug-likeness (QED) is 0.290. The molecular weight excluding hydrogens is 490 g/mol. The second kappa shape index (κ2) is 10.9. The Morgan fingerprint density at radius 3 is 2.74 bits per heavy atom. The van der Waals surface area contributed by atoms with Crippen molar-refractivity contribution in [3.05, 3.63) is 105 Å². The van der Waals surface area contributed by atoms with E-state index in [1.165, 1.54) is 6.42 Å². The Morgan fingerprint density at radius 2 is 1.97 bits per heavy atom. The maximum absolute atomic E-state index is 13.9. The Balaban J connectivity index is 1.54. The van der Waals surface area contributed by atoms with Gasteiger partial charge in [0.25, 0.3) is 5.56 Å². The van der Waals surface area contributed by atoms with Crippen molar-refractivity contribution in [1.82, 2.24) is 35.1 Å². The molecule has 1 N–H and O–H groups in total. The Kier molecular flexibility index (Phi) is 7.06. The standard InChI is InChI=1S/C30H33N7O2/c1-20-14-21(2)27-23(15-20)16-26(30(38)32-27)28(29-33-34-35-37(29)24-9-4-3-5-10-24)36(19-25-11-7-13-39-25)18-22-8-6-12-31-17-22/h6-8,11-17,24,28H,3-5,9-10,18-19H2,1-2H3,(H,32,38)/t28-/m0/s1. The van der Waals surface area contributed by atoms with Crippen molar-refractivity contribution in [2.45, 2.75) is 71.1 Å². The van der Waals surface area contributed by atoms with Crippen molar-refractivity contribution in [3.8, 4) is 0 Å². The Hall–Kier alpha value is -4.11. The highest BCUT2D eigenvalue weighted by Crippen LogP contribution is 2.34. The normalized spacial score (nSPS) is 15.3. The van der Waals surface area contributed by atoms with Gasteiger partial charge in [0.05, 0.1) is 24.4 Å². The lowest BCUT2D eigenvalue weighted by molar-refractivity contribution is 0.173. The van der Waals surface area contributed by atoms with E-state index in [0.29, 0.717) is 24.5 Å². The summed E-state index contributed by atoms with van der Waals surface area (Å²) in [6.07, 6.45) is 10.9. The highest BCUT2D eigenvalue weighted by molar-refractivity contribution is 5.83. The van der Waals surface area contributed by atoms with Gasteiger partial charge >= 0.3 is 0 Å². The van der Waals surface area contributed by atoms with Crippen LogP contribution >= 0.6 is 0 Å². The van der Waals surface area contributed by atoms with Crippen LogP contribution in [0.4, 0.5) is 0 Å². The fourth-order valence-electron chi connectivity index (χ4n) is 5.94. The SMILES string of the molecule is Cc1cc(C)c2[nH]c(=O)c([C@@H](c3nnnn3C3CCCCC3)N(Cc3cccnc3)Cc3ccco3)cc2c1. The maximum Gasteiger partial charge on any atom is 0.253 e. The molecule has 4 aromatic heterocycles. The molecule has 0 radical (unpaired) electrons. The number of aromatic amines is 1. The summed E-state index contributed by atoms with van der Waals surface area (Å²) in [7, 11) is 0. The van der Waals surface area contributed by atoms with Gasteiger partial charge in [-0.05, 0) is 84.0 Å². The molecule has 1 aliphatic rings. The van der Waals surface area contributed by atoms with Gasteiger partial charge in [0.1, 0.15) is 11.8 Å². The number of H-pyrrole nitrogens is 1. The molecule has 0 bridgehead atoms. The fraction of sp³-hybridized carbons (Fsp3) is 0.367. The first-order valence-electron chi connectivity index (χ1n) is 13.6. The third kappa shape index (κ3) is 5.27. The summed E-state index contributed by atoms with van der Waals surface area (Å²) in [5.74, 6) is 1.47. The van der Waals surface area contributed by atoms with E-state index in [1.54, 1.807) is 12.5 Å². The minimum absolute atomic E-state index is 0.145. The molecule has 39 heavy (non-hydrogen) atoms. The Bertz CT molecular complexity index is 1600. The molecule has 1 atom stereocenters. The first kappa shape index (κ1) is 25.2. The number of fused-ring (bicyclic) bond motifs is 1. The molecule has 0 unspecified atom stereocenters. The van der Waals surface area contributed by atoms with E-state index in [-0.39, 0.29) is 11.6 Å². The summed E-state index contributed by atoms with van der Waals surface area (Å²) in [5, 5.41) is 14.2. The van der Waals surface area contributed by atoms with E-state index in [2.05, 4.69) is 49.4 Å². The van der Waals surface area contributed by atoms with Crippen LogP contribution in [0.15, 0.2) is 70.3 Å². The van der Waals surface area contributed by atoms with Gasteiger partial charge < -0.3 is 9.40 Å². The van der Waals surface area contributed by atoms with Crippen LogP contribution in [0, 0.1) is 13.8 Å². The summed E-state index contributed by atoms with van der Waals surface area (Å²) in [5.41, 5.74) is 4.52. The van der Waals surface area contributed by atoms with E-state index >= 15 is 0 Å². The number of benzene rings is 1. The summed E-state index contributed by atoms with van der Waals surface area (Å²) in [4.78, 5) is 23.6. The smallest absolute Gasteiger partial charge is 0.253 e. The topological polar surface area (TPSA) is 106 Å². The molecule has 1 aliphatic carbocycles. The van der Waals surface area contributed by atoms with Crippen LogP contribution in [0.25, 0.3) is 10.9 Å². The lowest BCUT2D eigenvalue weighted by Gasteiger charge is -2.32. The van der Waals surface area contributed by atoms with Gasteiger partial charge in [-0.3, -0.25) is 14.7 Å². The predicted octanol–water partition coefficient (Wildman–Crippen LogP) is 5.42. The van der Waals surface area contributed by atoms with E-state index in [0.717, 1.165) is 59.0 Å². The predicted molar refractivity (Wildman–Crippen MR) is 148 cm³/mol. The number of pyridine rings is 2. The molecule has 5 aromatic rings. The summed E-state index contributed by atoms with van der Waals surface area (Å²) in [6.45, 7) is 5.09. The van der Waals surface area contributed by atoms with Gasteiger partial charge in [0.15, 0.2) is 5.82 Å². The third-order valence-electron chi connectivity index (χ3n) is 7.71. The van der Waals surface area contributed by atoms with E-state index in [1.807, 2.05) is 48.1 Å². The van der Waals surface area contributed by atoms with Crippen molar-refractivity contribution >= 4 is 10.9 Å². The largest absolute Gasteiger partial charge is 0.468 e. The van der Waals surface area contributed by atoms with Crippen molar-refractivity contribution in [1.29, 1.82) is 0 Å². The molecular formula is C30H33N7O2. The Labute approximate surface area is 226 Å². The fourth-order valence-corrected chi connectivity index (χ4v) is 5.94. The molecule has 0 saturated heterocycles. The zero-order valence-electron chi connectivity index (χ0n) is 22.4. The lowest BCUT2D eigenvalue weighted by Crippen LogP contribution is -2.35. The number of nitrogens with one attached hydrogen (secondary N) is 1. The molecule has 1 saturated carbocycles. The molecule has 0 amide bonds. The van der Waals surface area contributed by atoms with Crippen LogP contribution in [-0.4, -0.2) is 35.1 Å². The summed E-state index contributed by atoms with van der Waals surface area (Å²) >= 11 is 0. The zero-order chi connectivity index (χ0) is 26.8. The van der Waals surface area contributed by atoms with Crippen LogP contribution in [0.2, 0.25) is 0 Å². The molecule has 9 nitrogen and oxygen atoms in total. The van der Waals surface area contributed by atoms with Crippen molar-refractivity contribution in [2.24, 2.45) is 0 Å². The van der Waals surface area contributed by atoms with Crippen molar-refractivity contribution in [2.75, 3.05) is 0 Å². The van der Waals surface area contributed by atoms with Gasteiger partial charge in [-0.15, -0.1) is 5.10 Å². The summed E-state index contributed by atoms with van der Waals surface area (Å²) < 4.78 is 7.75. The third-order valence-corrected chi connectivity index (χ3v) is 7.71. The van der Waals surface area contributed by atoms with Crippen LogP contribution in [0.1, 0.15) is 78.0 Å². The average molecular weight is 524 g/mol. The molecule has 4 heterocycles. The zero-order valence-corrected chi connectivity index (χ0v) is 22.4. The van der Waals surface area contributed by atoms with E-state index in [4.69, 9.17) is 4.42 Å². The molecule has 0 spiro atoms. The van der Waals surface area contributed by atoms with Gasteiger partial charge in [-0.2, -0.15) is 0 Å². The minimum atomic E-state index is -0.513. The molecule has 1 fully saturated rings. The second-order valence-corrected chi connectivity index (χ2v) is 10.6. The number of hydrogen-bond donors (Lipinski definition) is 1. The number of aromatic nitrogens is 6. The van der Waals surface area contributed by atoms with Gasteiger partial charge in [0.2, 0.25) is 0 Å². The minimum Gasteiger partial charge on any atom is -0.468 e. The van der Waals surface area contributed by atoms with Crippen LogP contribution in [-0.2, 0) is 13.1 Å². The van der Waals surface area contributed by atoms with E-state index in [9.17, 15) is 4.79 Å². The maximum atomic E-state index is 13.9. The highest BCUT2D eigenvalue weighted by atomic mass is 16.3. The number of aryl methyl sites for hydroxylation is 2. The monoisotopic (exact) mass is 523 g/mol. The van der Waals surface area contributed by atoms with Gasteiger partial charge in [-0.1, -0.05) is 37.0 Å². The van der Waals surface area contributed by atoms with Crippen molar-refractivity contribution < 1.29 is 4.42 Å². The number of rotatable bonds is 8. The number of nitrogens with zero attached hydrogens (tertiary/aromatic N) is 6. The number of furan rings is 1. The summed E-state index contributed by atoms with van der Waals surface area (Å²) in [6, 6.07) is 13.7. The number of tetrazole rings is 1. The van der Waals surface area contributed by atoms with Crippen LogP contribution in [0.5, 0.6) is 0 Å². The van der Waals surface area contributed by atoms with Gasteiger partial charge in [-0.25, -0.2) is 4.68 Å². The molecule has 9 heteroatoms. The second-order valence-electron chi connectivity index (χ2n) is 10.6. The first-order valence-corrected chi connectivity index (χ1v) is 13.6. The first-order chi connectivity index (χ1) is 19.1.